The number of aliphatic carboxylic acids is 1. The van der Waals surface area contributed by atoms with Crippen molar-refractivity contribution < 1.29 is 24.2 Å². The van der Waals surface area contributed by atoms with E-state index in [-0.39, 0.29) is 37.2 Å². The number of carbonyl (C=O) groups is 3. The van der Waals surface area contributed by atoms with Gasteiger partial charge in [0.25, 0.3) is 0 Å². The molecule has 144 valence electrons. The van der Waals surface area contributed by atoms with Crippen LogP contribution in [-0.4, -0.2) is 60.6 Å². The summed E-state index contributed by atoms with van der Waals surface area (Å²) in [6.45, 7) is 1.56. The van der Waals surface area contributed by atoms with Crippen LogP contribution in [0.2, 0.25) is 5.02 Å². The van der Waals surface area contributed by atoms with Crippen LogP contribution >= 0.6 is 11.6 Å². The van der Waals surface area contributed by atoms with E-state index >= 15 is 0 Å². The quantitative estimate of drug-likeness (QED) is 0.845. The number of rotatable bonds is 3. The molecular weight excluding hydrogens is 372 g/mol. The maximum Gasteiger partial charge on any atom is 0.311 e. The molecule has 1 N–H and O–H groups in total. The molecule has 2 amide bonds. The maximum absolute atomic E-state index is 13.0. The van der Waals surface area contributed by atoms with E-state index in [9.17, 15) is 19.5 Å². The number of carboxylic acids is 1. The number of nitrogens with zero attached hydrogens (tertiary/aromatic N) is 2. The second kappa shape index (κ2) is 6.80. The van der Waals surface area contributed by atoms with Gasteiger partial charge in [0, 0.05) is 38.6 Å². The molecule has 3 atom stereocenters. The Bertz CT molecular complexity index is 800. The monoisotopic (exact) mass is 392 g/mol. The van der Waals surface area contributed by atoms with Crippen LogP contribution in [0, 0.1) is 17.3 Å². The van der Waals surface area contributed by atoms with Crippen molar-refractivity contribution in [1.82, 2.24) is 4.90 Å². The van der Waals surface area contributed by atoms with Gasteiger partial charge < -0.3 is 19.6 Å². The second-order valence-electron chi connectivity index (χ2n) is 7.56. The van der Waals surface area contributed by atoms with E-state index in [1.54, 1.807) is 34.1 Å². The van der Waals surface area contributed by atoms with Crippen LogP contribution in [0.25, 0.3) is 0 Å². The fraction of sp³-hybridized carbons (Fsp3) is 0.526. The zero-order valence-electron chi connectivity index (χ0n) is 14.8. The van der Waals surface area contributed by atoms with Gasteiger partial charge in [0.05, 0.1) is 28.6 Å². The molecule has 8 heteroatoms. The summed E-state index contributed by atoms with van der Waals surface area (Å²) in [5, 5.41) is 10.2. The van der Waals surface area contributed by atoms with Crippen molar-refractivity contribution in [3.63, 3.8) is 0 Å². The Labute approximate surface area is 161 Å². The highest BCUT2D eigenvalue weighted by molar-refractivity contribution is 6.33. The number of amides is 2. The number of benzene rings is 1. The molecule has 0 aromatic heterocycles. The zero-order chi connectivity index (χ0) is 19.2. The van der Waals surface area contributed by atoms with Gasteiger partial charge in [-0.05, 0) is 18.6 Å². The van der Waals surface area contributed by atoms with Crippen molar-refractivity contribution in [2.45, 2.75) is 12.8 Å². The SMILES string of the molecule is O=C(C1CC(=O)N(c2ccccc2Cl)C1)N1C[C@H]2COCC[C@@]2(C(=O)O)C1. The number of ether oxygens (including phenoxy) is 1. The number of fused-ring (bicyclic) bond motifs is 1. The molecule has 7 nitrogen and oxygen atoms in total. The summed E-state index contributed by atoms with van der Waals surface area (Å²) >= 11 is 6.19. The summed E-state index contributed by atoms with van der Waals surface area (Å²) in [4.78, 5) is 40.6. The molecule has 0 spiro atoms. The molecule has 3 heterocycles. The molecule has 3 fully saturated rings. The van der Waals surface area contributed by atoms with E-state index in [1.165, 1.54) is 0 Å². The third-order valence-corrected chi connectivity index (χ3v) is 6.38. The van der Waals surface area contributed by atoms with Crippen LogP contribution in [0.4, 0.5) is 5.69 Å². The number of anilines is 1. The summed E-state index contributed by atoms with van der Waals surface area (Å²) in [5.41, 5.74) is -0.330. The summed E-state index contributed by atoms with van der Waals surface area (Å²) in [5.74, 6) is -1.86. The third-order valence-electron chi connectivity index (χ3n) is 6.06. The molecule has 1 unspecified atom stereocenters. The summed E-state index contributed by atoms with van der Waals surface area (Å²) < 4.78 is 5.44. The van der Waals surface area contributed by atoms with Gasteiger partial charge in [-0.15, -0.1) is 0 Å². The first-order chi connectivity index (χ1) is 12.9. The standard InChI is InChI=1S/C19H21ClN2O5/c20-14-3-1-2-4-15(14)22-8-12(7-16(22)23)17(24)21-9-13-10-27-6-5-19(13,11-21)18(25)26/h1-4,12-13H,5-11H2,(H,25,26)/t12?,13-,19+/m0/s1. The third kappa shape index (κ3) is 2.99. The second-order valence-corrected chi connectivity index (χ2v) is 7.97. The molecule has 0 bridgehead atoms. The van der Waals surface area contributed by atoms with E-state index in [1.807, 2.05) is 0 Å². The first kappa shape index (κ1) is 18.3. The lowest BCUT2D eigenvalue weighted by Gasteiger charge is -2.33. The van der Waals surface area contributed by atoms with Gasteiger partial charge in [0.1, 0.15) is 0 Å². The van der Waals surface area contributed by atoms with Gasteiger partial charge in [-0.3, -0.25) is 14.4 Å². The largest absolute Gasteiger partial charge is 0.481 e. The minimum atomic E-state index is -0.932. The first-order valence-corrected chi connectivity index (χ1v) is 9.45. The van der Waals surface area contributed by atoms with Gasteiger partial charge in [-0.1, -0.05) is 23.7 Å². The van der Waals surface area contributed by atoms with E-state index in [0.29, 0.717) is 36.9 Å². The van der Waals surface area contributed by atoms with E-state index in [2.05, 4.69) is 0 Å². The van der Waals surface area contributed by atoms with Crippen LogP contribution < -0.4 is 4.90 Å². The molecule has 3 saturated heterocycles. The number of halogens is 1. The van der Waals surface area contributed by atoms with Crippen molar-refractivity contribution in [2.75, 3.05) is 37.7 Å². The van der Waals surface area contributed by atoms with E-state index < -0.39 is 17.3 Å². The fourth-order valence-electron chi connectivity index (χ4n) is 4.50. The molecule has 4 rings (SSSR count). The summed E-state index contributed by atoms with van der Waals surface area (Å²) in [6, 6.07) is 7.05. The Hall–Kier alpha value is -2.12. The van der Waals surface area contributed by atoms with Crippen molar-refractivity contribution in [1.29, 1.82) is 0 Å². The smallest absolute Gasteiger partial charge is 0.311 e. The highest BCUT2D eigenvalue weighted by Crippen LogP contribution is 2.43. The van der Waals surface area contributed by atoms with Crippen molar-refractivity contribution in [2.24, 2.45) is 17.3 Å². The minimum absolute atomic E-state index is 0.113. The Kier molecular flexibility index (Phi) is 4.60. The van der Waals surface area contributed by atoms with Crippen molar-refractivity contribution >= 4 is 35.1 Å². The van der Waals surface area contributed by atoms with Crippen LogP contribution in [0.3, 0.4) is 0 Å². The molecular formula is C19H21ClN2O5. The van der Waals surface area contributed by atoms with Gasteiger partial charge in [-0.25, -0.2) is 0 Å². The van der Waals surface area contributed by atoms with E-state index in [4.69, 9.17) is 16.3 Å². The molecule has 3 aliphatic heterocycles. The topological polar surface area (TPSA) is 87.2 Å². The van der Waals surface area contributed by atoms with E-state index in [0.717, 1.165) is 0 Å². The lowest BCUT2D eigenvalue weighted by Crippen LogP contribution is -2.45. The molecule has 27 heavy (non-hydrogen) atoms. The Morgan fingerprint density at radius 2 is 2.04 bits per heavy atom. The lowest BCUT2D eigenvalue weighted by atomic mass is 9.74. The Morgan fingerprint density at radius 3 is 2.74 bits per heavy atom. The highest BCUT2D eigenvalue weighted by atomic mass is 35.5. The predicted octanol–water partition coefficient (Wildman–Crippen LogP) is 1.64. The fourth-order valence-corrected chi connectivity index (χ4v) is 4.74. The normalized spacial score (nSPS) is 30.5. The maximum atomic E-state index is 13.0. The van der Waals surface area contributed by atoms with Crippen LogP contribution in [0.15, 0.2) is 24.3 Å². The Balaban J connectivity index is 1.50. The number of para-hydroxylation sites is 1. The van der Waals surface area contributed by atoms with Gasteiger partial charge in [-0.2, -0.15) is 0 Å². The summed E-state index contributed by atoms with van der Waals surface area (Å²) in [6.07, 6.45) is 0.522. The molecule has 1 aromatic carbocycles. The summed E-state index contributed by atoms with van der Waals surface area (Å²) in [7, 11) is 0. The minimum Gasteiger partial charge on any atom is -0.481 e. The number of carbonyl (C=O) groups excluding carboxylic acids is 2. The van der Waals surface area contributed by atoms with Crippen molar-refractivity contribution in [3.8, 4) is 0 Å². The van der Waals surface area contributed by atoms with Gasteiger partial charge in [0.15, 0.2) is 0 Å². The highest BCUT2D eigenvalue weighted by Gasteiger charge is 2.55. The van der Waals surface area contributed by atoms with Crippen LogP contribution in [-0.2, 0) is 19.1 Å². The average Bonchev–Trinajstić information content (AvgIpc) is 3.23. The predicted molar refractivity (Wildman–Crippen MR) is 97.5 cm³/mol. The number of hydrogen-bond donors (Lipinski definition) is 1. The number of hydrogen-bond acceptors (Lipinski definition) is 4. The first-order valence-electron chi connectivity index (χ1n) is 9.07. The lowest BCUT2D eigenvalue weighted by molar-refractivity contribution is -0.157. The molecule has 0 saturated carbocycles. The molecule has 0 radical (unpaired) electrons. The van der Waals surface area contributed by atoms with Crippen LogP contribution in [0.5, 0.6) is 0 Å². The number of likely N-dealkylation sites (tertiary alicyclic amines) is 1. The molecule has 0 aliphatic carbocycles. The molecule has 1 aromatic rings. The van der Waals surface area contributed by atoms with Gasteiger partial charge in [0.2, 0.25) is 11.8 Å². The average molecular weight is 393 g/mol. The van der Waals surface area contributed by atoms with Crippen LogP contribution in [0.1, 0.15) is 12.8 Å². The number of carboxylic acid groups (broad SMARTS) is 1. The molecule has 3 aliphatic rings. The Morgan fingerprint density at radius 1 is 1.26 bits per heavy atom. The van der Waals surface area contributed by atoms with Crippen molar-refractivity contribution in [3.05, 3.63) is 29.3 Å². The van der Waals surface area contributed by atoms with Gasteiger partial charge >= 0.3 is 5.97 Å². The zero-order valence-corrected chi connectivity index (χ0v) is 15.5.